The Balaban J connectivity index is 2.65. The molecule has 0 fully saturated rings. The molecule has 0 saturated heterocycles. The van der Waals surface area contributed by atoms with E-state index < -0.39 is 0 Å². The highest BCUT2D eigenvalue weighted by Crippen LogP contribution is 1.95. The normalized spacial score (nSPS) is 10.3. The Bertz CT molecular complexity index is 278. The minimum Gasteiger partial charge on any atom is -0.349 e. The van der Waals surface area contributed by atoms with Crippen molar-refractivity contribution < 1.29 is 4.79 Å². The molecule has 0 radical (unpaired) electrons. The van der Waals surface area contributed by atoms with Crippen molar-refractivity contribution in [3.63, 3.8) is 0 Å². The summed E-state index contributed by atoms with van der Waals surface area (Å²) in [6, 6.07) is 0.154. The number of aromatic amines is 1. The van der Waals surface area contributed by atoms with Crippen LogP contribution in [0.3, 0.4) is 0 Å². The first-order valence-corrected chi connectivity index (χ1v) is 3.92. The number of nitrogens with zero attached hydrogens (tertiary/aromatic N) is 1. The number of aryl methyl sites for hydroxylation is 1. The molecule has 1 rings (SSSR count). The quantitative estimate of drug-likeness (QED) is 0.686. The van der Waals surface area contributed by atoms with E-state index in [4.69, 9.17) is 0 Å². The van der Waals surface area contributed by atoms with Crippen molar-refractivity contribution in [2.24, 2.45) is 0 Å². The fraction of sp³-hybridized carbons (Fsp3) is 0.500. The van der Waals surface area contributed by atoms with Crippen molar-refractivity contribution in [1.82, 2.24) is 15.3 Å². The van der Waals surface area contributed by atoms with Gasteiger partial charge in [0.25, 0.3) is 5.91 Å². The Morgan fingerprint density at radius 1 is 1.67 bits per heavy atom. The van der Waals surface area contributed by atoms with Gasteiger partial charge < -0.3 is 10.3 Å². The molecule has 4 nitrogen and oxygen atoms in total. The van der Waals surface area contributed by atoms with Gasteiger partial charge in [-0.3, -0.25) is 4.79 Å². The number of amides is 1. The van der Waals surface area contributed by atoms with Crippen molar-refractivity contribution >= 4 is 5.91 Å². The lowest BCUT2D eigenvalue weighted by molar-refractivity contribution is 0.0938. The molecule has 0 bridgehead atoms. The summed E-state index contributed by atoms with van der Waals surface area (Å²) in [5.74, 6) is 0.648. The van der Waals surface area contributed by atoms with Gasteiger partial charge in [0.2, 0.25) is 0 Å². The molecule has 2 N–H and O–H groups in total. The first kappa shape index (κ1) is 8.77. The maximum Gasteiger partial charge on any atom is 0.269 e. The molecule has 0 aliphatic rings. The van der Waals surface area contributed by atoms with E-state index in [-0.39, 0.29) is 11.9 Å². The molecule has 0 saturated carbocycles. The highest BCUT2D eigenvalue weighted by Gasteiger charge is 2.08. The minimum absolute atomic E-state index is 0.106. The Morgan fingerprint density at radius 3 is 2.75 bits per heavy atom. The maximum atomic E-state index is 11.3. The molecule has 0 aliphatic carbocycles. The van der Waals surface area contributed by atoms with Crippen LogP contribution < -0.4 is 5.32 Å². The van der Waals surface area contributed by atoms with Gasteiger partial charge in [0.1, 0.15) is 11.5 Å². The van der Waals surface area contributed by atoms with Crippen LogP contribution in [-0.4, -0.2) is 21.9 Å². The van der Waals surface area contributed by atoms with E-state index in [0.29, 0.717) is 5.69 Å². The number of rotatable bonds is 2. The number of hydrogen-bond donors (Lipinski definition) is 2. The molecule has 1 amide bonds. The highest BCUT2D eigenvalue weighted by molar-refractivity contribution is 5.92. The van der Waals surface area contributed by atoms with Crippen LogP contribution in [0.4, 0.5) is 0 Å². The van der Waals surface area contributed by atoms with Crippen molar-refractivity contribution in [1.29, 1.82) is 0 Å². The van der Waals surface area contributed by atoms with Crippen LogP contribution in [0, 0.1) is 6.92 Å². The molecule has 0 aliphatic heterocycles. The average Bonchev–Trinajstić information content (AvgIpc) is 2.34. The van der Waals surface area contributed by atoms with E-state index in [1.807, 2.05) is 20.8 Å². The lowest BCUT2D eigenvalue weighted by atomic mass is 10.3. The van der Waals surface area contributed by atoms with Gasteiger partial charge in [-0.2, -0.15) is 0 Å². The van der Waals surface area contributed by atoms with E-state index in [1.54, 1.807) is 0 Å². The van der Waals surface area contributed by atoms with Gasteiger partial charge in [0, 0.05) is 6.04 Å². The van der Waals surface area contributed by atoms with Crippen LogP contribution in [0.15, 0.2) is 6.20 Å². The Labute approximate surface area is 71.4 Å². The highest BCUT2D eigenvalue weighted by atomic mass is 16.1. The van der Waals surface area contributed by atoms with Crippen LogP contribution >= 0.6 is 0 Å². The molecule has 4 heteroatoms. The predicted octanol–water partition coefficient (Wildman–Crippen LogP) is 0.856. The molecular weight excluding hydrogens is 154 g/mol. The summed E-state index contributed by atoms with van der Waals surface area (Å²) in [6.07, 6.45) is 1.53. The molecule has 0 unspecified atom stereocenters. The molecule has 1 aromatic heterocycles. The second-order valence-electron chi connectivity index (χ2n) is 3.01. The van der Waals surface area contributed by atoms with Crippen LogP contribution in [0.2, 0.25) is 0 Å². The van der Waals surface area contributed by atoms with Crippen molar-refractivity contribution in [3.8, 4) is 0 Å². The van der Waals surface area contributed by atoms with Crippen molar-refractivity contribution in [2.45, 2.75) is 26.8 Å². The molecule has 0 aromatic carbocycles. The van der Waals surface area contributed by atoms with E-state index in [9.17, 15) is 4.79 Å². The van der Waals surface area contributed by atoms with Crippen LogP contribution in [0.5, 0.6) is 0 Å². The summed E-state index contributed by atoms with van der Waals surface area (Å²) in [7, 11) is 0. The average molecular weight is 167 g/mol. The SMILES string of the molecule is Cc1ncc(C(=O)NC(C)C)[nH]1. The minimum atomic E-state index is -0.106. The molecule has 1 heterocycles. The summed E-state index contributed by atoms with van der Waals surface area (Å²) >= 11 is 0. The van der Waals surface area contributed by atoms with Gasteiger partial charge >= 0.3 is 0 Å². The number of H-pyrrole nitrogens is 1. The molecule has 12 heavy (non-hydrogen) atoms. The summed E-state index contributed by atoms with van der Waals surface area (Å²) in [4.78, 5) is 18.1. The molecule has 0 atom stereocenters. The number of imidazole rings is 1. The smallest absolute Gasteiger partial charge is 0.269 e. The van der Waals surface area contributed by atoms with Gasteiger partial charge in [-0.15, -0.1) is 0 Å². The zero-order valence-corrected chi connectivity index (χ0v) is 7.51. The number of nitrogens with one attached hydrogen (secondary N) is 2. The standard InChI is InChI=1S/C8H13N3O/c1-5(2)10-8(12)7-4-9-6(3)11-7/h4-5H,1-3H3,(H,9,11)(H,10,12). The van der Waals surface area contributed by atoms with E-state index in [2.05, 4.69) is 15.3 Å². The van der Waals surface area contributed by atoms with Crippen molar-refractivity contribution in [2.75, 3.05) is 0 Å². The topological polar surface area (TPSA) is 57.8 Å². The van der Waals surface area contributed by atoms with Gasteiger partial charge in [-0.25, -0.2) is 4.98 Å². The molecule has 0 spiro atoms. The van der Waals surface area contributed by atoms with Crippen molar-refractivity contribution in [3.05, 3.63) is 17.7 Å². The van der Waals surface area contributed by atoms with Crippen LogP contribution in [0.1, 0.15) is 30.2 Å². The predicted molar refractivity (Wildman–Crippen MR) is 45.9 cm³/mol. The number of hydrogen-bond acceptors (Lipinski definition) is 2. The molecule has 1 aromatic rings. The van der Waals surface area contributed by atoms with E-state index in [0.717, 1.165) is 5.82 Å². The van der Waals surface area contributed by atoms with E-state index >= 15 is 0 Å². The summed E-state index contributed by atoms with van der Waals surface area (Å²) in [6.45, 7) is 5.65. The zero-order valence-electron chi connectivity index (χ0n) is 7.51. The first-order chi connectivity index (χ1) is 5.59. The second kappa shape index (κ2) is 3.38. The number of carbonyl (C=O) groups excluding carboxylic acids is 1. The Kier molecular flexibility index (Phi) is 2.47. The fourth-order valence-electron chi connectivity index (χ4n) is 0.876. The Morgan fingerprint density at radius 2 is 2.33 bits per heavy atom. The largest absolute Gasteiger partial charge is 0.349 e. The summed E-state index contributed by atoms with van der Waals surface area (Å²) in [5.41, 5.74) is 0.515. The second-order valence-corrected chi connectivity index (χ2v) is 3.01. The third kappa shape index (κ3) is 2.08. The van der Waals surface area contributed by atoms with E-state index in [1.165, 1.54) is 6.20 Å². The van der Waals surface area contributed by atoms with Crippen LogP contribution in [-0.2, 0) is 0 Å². The van der Waals surface area contributed by atoms with Crippen LogP contribution in [0.25, 0.3) is 0 Å². The summed E-state index contributed by atoms with van der Waals surface area (Å²) < 4.78 is 0. The zero-order chi connectivity index (χ0) is 9.14. The third-order valence-corrected chi connectivity index (χ3v) is 1.37. The monoisotopic (exact) mass is 167 g/mol. The first-order valence-electron chi connectivity index (χ1n) is 3.92. The summed E-state index contributed by atoms with van der Waals surface area (Å²) in [5, 5.41) is 2.76. The molecular formula is C8H13N3O. The molecule has 66 valence electrons. The van der Waals surface area contributed by atoms with Gasteiger partial charge in [0.05, 0.1) is 6.20 Å². The number of carbonyl (C=O) groups is 1. The third-order valence-electron chi connectivity index (χ3n) is 1.37. The number of aromatic nitrogens is 2. The van der Waals surface area contributed by atoms with Gasteiger partial charge in [-0.1, -0.05) is 0 Å². The maximum absolute atomic E-state index is 11.3. The lowest BCUT2D eigenvalue weighted by Gasteiger charge is -2.05. The lowest BCUT2D eigenvalue weighted by Crippen LogP contribution is -2.30. The van der Waals surface area contributed by atoms with Gasteiger partial charge in [0.15, 0.2) is 0 Å². The Hall–Kier alpha value is -1.32. The van der Waals surface area contributed by atoms with Gasteiger partial charge in [-0.05, 0) is 20.8 Å². The fourth-order valence-corrected chi connectivity index (χ4v) is 0.876.